The molecule has 2 aromatic carbocycles. The maximum Gasteiger partial charge on any atom is 0.187 e. The summed E-state index contributed by atoms with van der Waals surface area (Å²) in [6.07, 6.45) is 2.30. The lowest BCUT2D eigenvalue weighted by Crippen LogP contribution is -2.25. The van der Waals surface area contributed by atoms with Gasteiger partial charge in [0.1, 0.15) is 11.5 Å². The van der Waals surface area contributed by atoms with Crippen LogP contribution in [-0.4, -0.2) is 34.8 Å². The largest absolute Gasteiger partial charge is 0.360 e. The summed E-state index contributed by atoms with van der Waals surface area (Å²) in [5.41, 5.74) is 4.99. The van der Waals surface area contributed by atoms with Crippen LogP contribution in [0.4, 0.5) is 5.13 Å². The van der Waals surface area contributed by atoms with E-state index in [-0.39, 0.29) is 0 Å². The van der Waals surface area contributed by atoms with Gasteiger partial charge in [0.15, 0.2) is 5.13 Å². The molecule has 8 heteroatoms. The normalized spacial score (nSPS) is 17.0. The number of thiazole rings is 1. The molecule has 2 fully saturated rings. The van der Waals surface area contributed by atoms with Crippen LogP contribution in [0.2, 0.25) is 10.0 Å². The summed E-state index contributed by atoms with van der Waals surface area (Å²) in [5, 5.41) is 6.71. The van der Waals surface area contributed by atoms with Crippen molar-refractivity contribution in [3.8, 4) is 11.3 Å². The van der Waals surface area contributed by atoms with Crippen molar-refractivity contribution in [1.29, 1.82) is 0 Å². The van der Waals surface area contributed by atoms with Crippen molar-refractivity contribution < 1.29 is 4.52 Å². The van der Waals surface area contributed by atoms with E-state index in [4.69, 9.17) is 32.7 Å². The summed E-state index contributed by atoms with van der Waals surface area (Å²) in [6, 6.07) is 12.0. The molecule has 32 heavy (non-hydrogen) atoms. The Morgan fingerprint density at radius 3 is 2.72 bits per heavy atom. The number of anilines is 1. The summed E-state index contributed by atoms with van der Waals surface area (Å²) < 4.78 is 7.08. The first-order chi connectivity index (χ1) is 15.6. The van der Waals surface area contributed by atoms with Crippen LogP contribution in [0.25, 0.3) is 21.5 Å². The third-order valence-corrected chi connectivity index (χ3v) is 7.92. The monoisotopic (exact) mass is 484 g/mol. The first-order valence-corrected chi connectivity index (χ1v) is 12.4. The molecule has 0 amide bonds. The smallest absolute Gasteiger partial charge is 0.187 e. The van der Waals surface area contributed by atoms with E-state index in [9.17, 15) is 0 Å². The Morgan fingerprint density at radius 2 is 1.94 bits per heavy atom. The highest BCUT2D eigenvalue weighted by molar-refractivity contribution is 7.22. The van der Waals surface area contributed by atoms with E-state index in [1.807, 2.05) is 18.2 Å². The van der Waals surface area contributed by atoms with Crippen LogP contribution < -0.4 is 4.90 Å². The standard InChI is InChI=1S/C24H22Cl2N4OS/c1-14-5-8-19-20(11-14)32-24(27-19)30-10-9-29(13-30)12-16-22(28-31-23(16)15-6-7-15)21-17(25)3-2-4-18(21)26/h2-5,8,11,15H,6-7,9-10,12-13H2,1H3. The molecular formula is C24H22Cl2N4OS. The lowest BCUT2D eigenvalue weighted by atomic mass is 10.0. The molecule has 0 radical (unpaired) electrons. The van der Waals surface area contributed by atoms with Gasteiger partial charge >= 0.3 is 0 Å². The number of hydrogen-bond donors (Lipinski definition) is 0. The van der Waals surface area contributed by atoms with Crippen LogP contribution in [0.5, 0.6) is 0 Å². The van der Waals surface area contributed by atoms with E-state index in [1.165, 1.54) is 10.3 Å². The fourth-order valence-corrected chi connectivity index (χ4v) is 6.03. The van der Waals surface area contributed by atoms with Crippen LogP contribution >= 0.6 is 34.5 Å². The number of fused-ring (bicyclic) bond motifs is 1. The van der Waals surface area contributed by atoms with Crippen LogP contribution in [0.3, 0.4) is 0 Å². The molecule has 0 spiro atoms. The van der Waals surface area contributed by atoms with Gasteiger partial charge in [-0.3, -0.25) is 4.90 Å². The molecule has 2 aliphatic rings. The summed E-state index contributed by atoms with van der Waals surface area (Å²) in [4.78, 5) is 9.64. The maximum atomic E-state index is 6.52. The number of benzene rings is 2. The Labute approximate surface area is 200 Å². The zero-order valence-corrected chi connectivity index (χ0v) is 20.0. The number of aromatic nitrogens is 2. The lowest BCUT2D eigenvalue weighted by Gasteiger charge is -2.18. The van der Waals surface area contributed by atoms with Crippen LogP contribution in [0.15, 0.2) is 40.9 Å². The molecule has 1 aliphatic heterocycles. The highest BCUT2D eigenvalue weighted by Gasteiger charge is 2.35. The second-order valence-corrected chi connectivity index (χ2v) is 10.5. The number of rotatable bonds is 5. The summed E-state index contributed by atoms with van der Waals surface area (Å²) >= 11 is 14.8. The molecule has 0 bridgehead atoms. The fraction of sp³-hybridized carbons (Fsp3) is 0.333. The van der Waals surface area contributed by atoms with E-state index >= 15 is 0 Å². The van der Waals surface area contributed by atoms with Gasteiger partial charge in [-0.25, -0.2) is 4.98 Å². The van der Waals surface area contributed by atoms with Gasteiger partial charge < -0.3 is 9.42 Å². The second kappa shape index (κ2) is 8.03. The zero-order chi connectivity index (χ0) is 21.8. The Morgan fingerprint density at radius 1 is 1.12 bits per heavy atom. The topological polar surface area (TPSA) is 45.4 Å². The maximum absolute atomic E-state index is 6.52. The average Bonchev–Trinajstić information content (AvgIpc) is 3.17. The van der Waals surface area contributed by atoms with Crippen molar-refractivity contribution >= 4 is 49.9 Å². The minimum absolute atomic E-state index is 0.457. The third kappa shape index (κ3) is 3.69. The molecule has 164 valence electrons. The number of aryl methyl sites for hydroxylation is 1. The van der Waals surface area contributed by atoms with Gasteiger partial charge in [0.2, 0.25) is 0 Å². The average molecular weight is 485 g/mol. The Balaban J connectivity index is 1.28. The van der Waals surface area contributed by atoms with Gasteiger partial charge in [-0.2, -0.15) is 0 Å². The Hall–Kier alpha value is -2.12. The summed E-state index contributed by atoms with van der Waals surface area (Å²) in [7, 11) is 0. The second-order valence-electron chi connectivity index (χ2n) is 8.67. The lowest BCUT2D eigenvalue weighted by molar-refractivity contribution is 0.327. The van der Waals surface area contributed by atoms with E-state index in [0.717, 1.165) is 72.4 Å². The molecule has 0 N–H and O–H groups in total. The zero-order valence-electron chi connectivity index (χ0n) is 17.6. The van der Waals surface area contributed by atoms with Crippen molar-refractivity contribution in [1.82, 2.24) is 15.0 Å². The van der Waals surface area contributed by atoms with Crippen LogP contribution in [0.1, 0.15) is 35.6 Å². The van der Waals surface area contributed by atoms with E-state index < -0.39 is 0 Å². The van der Waals surface area contributed by atoms with Gasteiger partial charge in [-0.1, -0.05) is 51.8 Å². The molecular weight excluding hydrogens is 463 g/mol. The minimum atomic E-state index is 0.457. The van der Waals surface area contributed by atoms with Gasteiger partial charge in [0.25, 0.3) is 0 Å². The predicted molar refractivity (Wildman–Crippen MR) is 131 cm³/mol. The Kier molecular flexibility index (Phi) is 5.14. The van der Waals surface area contributed by atoms with Gasteiger partial charge in [-0.05, 0) is 49.6 Å². The molecule has 1 saturated carbocycles. The van der Waals surface area contributed by atoms with Crippen molar-refractivity contribution in [3.05, 3.63) is 63.3 Å². The van der Waals surface area contributed by atoms with Crippen molar-refractivity contribution in [2.45, 2.75) is 32.2 Å². The van der Waals surface area contributed by atoms with E-state index in [2.05, 4.69) is 40.1 Å². The number of nitrogens with zero attached hydrogens (tertiary/aromatic N) is 4. The van der Waals surface area contributed by atoms with E-state index in [1.54, 1.807) is 11.3 Å². The van der Waals surface area contributed by atoms with Gasteiger partial charge in [0, 0.05) is 36.7 Å². The SMILES string of the molecule is Cc1ccc2nc(N3CCN(Cc4c(-c5c(Cl)cccc5Cl)noc4C4CC4)C3)sc2c1. The molecule has 5 nitrogen and oxygen atoms in total. The fourth-order valence-electron chi connectivity index (χ4n) is 4.37. The summed E-state index contributed by atoms with van der Waals surface area (Å²) in [5.74, 6) is 1.45. The van der Waals surface area contributed by atoms with Crippen molar-refractivity contribution in [2.24, 2.45) is 0 Å². The first kappa shape index (κ1) is 20.5. The molecule has 2 aromatic heterocycles. The number of halogens is 2. The van der Waals surface area contributed by atoms with Crippen LogP contribution in [0, 0.1) is 6.92 Å². The molecule has 3 heterocycles. The van der Waals surface area contributed by atoms with Gasteiger partial charge in [-0.15, -0.1) is 0 Å². The molecule has 6 rings (SSSR count). The molecule has 0 atom stereocenters. The first-order valence-electron chi connectivity index (χ1n) is 10.8. The van der Waals surface area contributed by atoms with Gasteiger partial charge in [0.05, 0.1) is 26.9 Å². The van der Waals surface area contributed by atoms with Crippen molar-refractivity contribution in [3.63, 3.8) is 0 Å². The predicted octanol–water partition coefficient (Wildman–Crippen LogP) is 6.72. The quantitative estimate of drug-likeness (QED) is 0.314. The molecule has 4 aromatic rings. The van der Waals surface area contributed by atoms with Crippen LogP contribution in [-0.2, 0) is 6.54 Å². The molecule has 1 aliphatic carbocycles. The van der Waals surface area contributed by atoms with Crippen molar-refractivity contribution in [2.75, 3.05) is 24.7 Å². The highest BCUT2D eigenvalue weighted by atomic mass is 35.5. The minimum Gasteiger partial charge on any atom is -0.360 e. The molecule has 1 saturated heterocycles. The highest BCUT2D eigenvalue weighted by Crippen LogP contribution is 2.46. The Bertz CT molecular complexity index is 1290. The molecule has 0 unspecified atom stereocenters. The van der Waals surface area contributed by atoms with E-state index in [0.29, 0.717) is 16.0 Å². The summed E-state index contributed by atoms with van der Waals surface area (Å²) in [6.45, 7) is 5.61. The number of hydrogen-bond acceptors (Lipinski definition) is 6. The third-order valence-electron chi connectivity index (χ3n) is 6.21.